The average Bonchev–Trinajstić information content (AvgIpc) is 3.24. The highest BCUT2D eigenvalue weighted by atomic mass is 19.1. The van der Waals surface area contributed by atoms with Crippen LogP contribution in [-0.4, -0.2) is 30.4 Å². The van der Waals surface area contributed by atoms with Crippen molar-refractivity contribution in [2.75, 3.05) is 13.6 Å². The molecule has 4 N–H and O–H groups in total. The van der Waals surface area contributed by atoms with Gasteiger partial charge in [-0.1, -0.05) is 30.3 Å². The van der Waals surface area contributed by atoms with Gasteiger partial charge < -0.3 is 20.8 Å². The predicted octanol–water partition coefficient (Wildman–Crippen LogP) is 2.49. The minimum Gasteiger partial charge on any atom is -0.444 e. The van der Waals surface area contributed by atoms with Gasteiger partial charge in [0.05, 0.1) is 18.2 Å². The summed E-state index contributed by atoms with van der Waals surface area (Å²) in [6.45, 7) is 0.690. The van der Waals surface area contributed by atoms with Crippen LogP contribution in [0, 0.1) is 11.7 Å². The van der Waals surface area contributed by atoms with Gasteiger partial charge in [0.1, 0.15) is 12.1 Å². The maximum Gasteiger partial charge on any atom is 0.226 e. The molecule has 1 amide bonds. The summed E-state index contributed by atoms with van der Waals surface area (Å²) in [6.07, 6.45) is 1.99. The fraction of sp³-hybridized carbons (Fsp3) is 0.227. The number of oxazole rings is 1. The van der Waals surface area contributed by atoms with Crippen LogP contribution in [0.4, 0.5) is 4.39 Å². The summed E-state index contributed by atoms with van der Waals surface area (Å²) >= 11 is 0. The Morgan fingerprint density at radius 3 is 2.57 bits per heavy atom. The highest BCUT2D eigenvalue weighted by Gasteiger charge is 2.17. The van der Waals surface area contributed by atoms with Crippen LogP contribution in [0.25, 0.3) is 11.5 Å². The lowest BCUT2D eigenvalue weighted by atomic mass is 9.98. The largest absolute Gasteiger partial charge is 0.444 e. The maximum absolute atomic E-state index is 13.1. The molecule has 1 aromatic heterocycles. The fourth-order valence-corrected chi connectivity index (χ4v) is 2.89. The SMILES string of the molecule is CN=C(NCc1coc(-c2ccccc2)n1)NCC(Cc1ccc(F)cc1)C(N)=O. The van der Waals surface area contributed by atoms with E-state index in [0.29, 0.717) is 31.4 Å². The number of carbonyl (C=O) groups is 1. The van der Waals surface area contributed by atoms with E-state index in [0.717, 1.165) is 16.8 Å². The van der Waals surface area contributed by atoms with E-state index in [1.54, 1.807) is 25.4 Å². The van der Waals surface area contributed by atoms with Gasteiger partial charge in [-0.15, -0.1) is 0 Å². The Kier molecular flexibility index (Phi) is 7.15. The van der Waals surface area contributed by atoms with Gasteiger partial charge in [0.2, 0.25) is 11.8 Å². The number of primary amides is 1. The molecule has 0 aliphatic rings. The first-order valence-corrected chi connectivity index (χ1v) is 9.53. The number of benzene rings is 2. The summed E-state index contributed by atoms with van der Waals surface area (Å²) in [5.41, 5.74) is 7.98. The van der Waals surface area contributed by atoms with Crippen molar-refractivity contribution in [3.05, 3.63) is 77.9 Å². The van der Waals surface area contributed by atoms with Crippen LogP contribution in [-0.2, 0) is 17.8 Å². The van der Waals surface area contributed by atoms with Crippen molar-refractivity contribution in [3.63, 3.8) is 0 Å². The van der Waals surface area contributed by atoms with Crippen LogP contribution in [0.2, 0.25) is 0 Å². The molecular weight excluding hydrogens is 385 g/mol. The first-order valence-electron chi connectivity index (χ1n) is 9.53. The first-order chi connectivity index (χ1) is 14.5. The number of rotatable bonds is 8. The molecule has 0 fully saturated rings. The third kappa shape index (κ3) is 5.91. The Hall–Kier alpha value is -3.68. The predicted molar refractivity (Wildman–Crippen MR) is 113 cm³/mol. The molecule has 0 aliphatic carbocycles. The van der Waals surface area contributed by atoms with Crippen molar-refractivity contribution in [2.24, 2.45) is 16.6 Å². The van der Waals surface area contributed by atoms with Gasteiger partial charge in [0.15, 0.2) is 5.96 Å². The molecular formula is C22H24FN5O2. The smallest absolute Gasteiger partial charge is 0.226 e. The zero-order chi connectivity index (χ0) is 21.3. The molecule has 7 nitrogen and oxygen atoms in total. The zero-order valence-corrected chi connectivity index (χ0v) is 16.6. The molecule has 8 heteroatoms. The number of aliphatic imine (C=N–C) groups is 1. The van der Waals surface area contributed by atoms with Gasteiger partial charge in [-0.3, -0.25) is 9.79 Å². The van der Waals surface area contributed by atoms with Gasteiger partial charge in [-0.25, -0.2) is 9.37 Å². The molecule has 2 aromatic carbocycles. The standard InChI is InChI=1S/C22H24FN5O2/c1-25-22(26-12-17(20(24)29)11-15-7-9-18(23)10-8-15)27-13-19-14-30-21(28-19)16-5-3-2-4-6-16/h2-10,14,17H,11-13H2,1H3,(H2,24,29)(H2,25,26,27). The number of hydrogen-bond acceptors (Lipinski definition) is 4. The Balaban J connectivity index is 1.53. The van der Waals surface area contributed by atoms with Gasteiger partial charge in [-0.05, 0) is 36.2 Å². The third-order valence-corrected chi connectivity index (χ3v) is 4.55. The van der Waals surface area contributed by atoms with Crippen LogP contribution in [0.15, 0.2) is 70.3 Å². The van der Waals surface area contributed by atoms with Gasteiger partial charge >= 0.3 is 0 Å². The number of halogens is 1. The number of aromatic nitrogens is 1. The summed E-state index contributed by atoms with van der Waals surface area (Å²) in [7, 11) is 1.63. The molecule has 0 saturated carbocycles. The van der Waals surface area contributed by atoms with Crippen LogP contribution in [0.1, 0.15) is 11.3 Å². The number of carbonyl (C=O) groups excluding carboxylic acids is 1. The number of nitrogens with one attached hydrogen (secondary N) is 2. The van der Waals surface area contributed by atoms with E-state index < -0.39 is 11.8 Å². The lowest BCUT2D eigenvalue weighted by molar-refractivity contribution is -0.121. The minimum absolute atomic E-state index is 0.292. The quantitative estimate of drug-likeness (QED) is 0.392. The molecule has 1 atom stereocenters. The van der Waals surface area contributed by atoms with E-state index in [1.807, 2.05) is 30.3 Å². The van der Waals surface area contributed by atoms with Crippen molar-refractivity contribution in [2.45, 2.75) is 13.0 Å². The van der Waals surface area contributed by atoms with Crippen LogP contribution in [0.5, 0.6) is 0 Å². The Morgan fingerprint density at radius 1 is 1.17 bits per heavy atom. The molecule has 0 bridgehead atoms. The van der Waals surface area contributed by atoms with E-state index in [1.165, 1.54) is 12.1 Å². The van der Waals surface area contributed by atoms with Gasteiger partial charge in [0.25, 0.3) is 0 Å². The highest BCUT2D eigenvalue weighted by molar-refractivity contribution is 5.81. The van der Waals surface area contributed by atoms with E-state index in [9.17, 15) is 9.18 Å². The molecule has 0 aliphatic heterocycles. The van der Waals surface area contributed by atoms with Crippen molar-refractivity contribution in [3.8, 4) is 11.5 Å². The van der Waals surface area contributed by atoms with Crippen molar-refractivity contribution in [1.82, 2.24) is 15.6 Å². The number of nitrogens with two attached hydrogens (primary N) is 1. The summed E-state index contributed by atoms with van der Waals surface area (Å²) < 4.78 is 18.6. The Labute approximate surface area is 174 Å². The fourth-order valence-electron chi connectivity index (χ4n) is 2.89. The molecule has 30 heavy (non-hydrogen) atoms. The van der Waals surface area contributed by atoms with Crippen molar-refractivity contribution in [1.29, 1.82) is 0 Å². The second-order valence-corrected chi connectivity index (χ2v) is 6.75. The Morgan fingerprint density at radius 2 is 1.90 bits per heavy atom. The zero-order valence-electron chi connectivity index (χ0n) is 16.6. The van der Waals surface area contributed by atoms with Crippen LogP contribution in [0.3, 0.4) is 0 Å². The Bertz CT molecular complexity index is 986. The monoisotopic (exact) mass is 409 g/mol. The van der Waals surface area contributed by atoms with Crippen molar-refractivity contribution >= 4 is 11.9 Å². The highest BCUT2D eigenvalue weighted by Crippen LogP contribution is 2.17. The molecule has 0 radical (unpaired) electrons. The van der Waals surface area contributed by atoms with E-state index in [-0.39, 0.29) is 5.82 Å². The summed E-state index contributed by atoms with van der Waals surface area (Å²) in [5, 5.41) is 6.23. The summed E-state index contributed by atoms with van der Waals surface area (Å²) in [5.74, 6) is -0.175. The number of amides is 1. The molecule has 1 unspecified atom stereocenters. The van der Waals surface area contributed by atoms with Gasteiger partial charge in [-0.2, -0.15) is 0 Å². The molecule has 0 saturated heterocycles. The second kappa shape index (κ2) is 10.2. The van der Waals surface area contributed by atoms with Crippen molar-refractivity contribution < 1.29 is 13.6 Å². The van der Waals surface area contributed by atoms with Gasteiger partial charge in [0, 0.05) is 19.2 Å². The number of guanidine groups is 1. The maximum atomic E-state index is 13.1. The van der Waals surface area contributed by atoms with Crippen LogP contribution >= 0.6 is 0 Å². The molecule has 3 rings (SSSR count). The van der Waals surface area contributed by atoms with E-state index in [2.05, 4.69) is 20.6 Å². The molecule has 3 aromatic rings. The molecule has 1 heterocycles. The van der Waals surface area contributed by atoms with Crippen LogP contribution < -0.4 is 16.4 Å². The average molecular weight is 409 g/mol. The number of hydrogen-bond donors (Lipinski definition) is 3. The van der Waals surface area contributed by atoms with E-state index >= 15 is 0 Å². The summed E-state index contributed by atoms with van der Waals surface area (Å²) in [6, 6.07) is 15.6. The number of nitrogens with zero attached hydrogens (tertiary/aromatic N) is 2. The lowest BCUT2D eigenvalue weighted by Crippen LogP contribution is -2.42. The third-order valence-electron chi connectivity index (χ3n) is 4.55. The lowest BCUT2D eigenvalue weighted by Gasteiger charge is -2.17. The minimum atomic E-state index is -0.467. The molecule has 156 valence electrons. The van der Waals surface area contributed by atoms with E-state index in [4.69, 9.17) is 10.2 Å². The molecule has 0 spiro atoms. The normalized spacial score (nSPS) is 12.4. The second-order valence-electron chi connectivity index (χ2n) is 6.75. The first kappa shape index (κ1) is 21.0. The summed E-state index contributed by atoms with van der Waals surface area (Å²) in [4.78, 5) is 20.4. The topological polar surface area (TPSA) is 106 Å².